The maximum Gasteiger partial charge on any atom is 0.194 e. The average Bonchev–Trinajstić information content (AvgIpc) is 2.41. The standard InChI is InChI=1S/C14H9Cl2IO2/c1-19-9-3-4-10(11(15)7-9)14(18)8-2-5-13(17)12(16)6-8/h2-7H,1H3. The van der Waals surface area contributed by atoms with E-state index in [-0.39, 0.29) is 5.78 Å². The third kappa shape index (κ3) is 3.22. The van der Waals surface area contributed by atoms with Gasteiger partial charge in [0.25, 0.3) is 0 Å². The summed E-state index contributed by atoms with van der Waals surface area (Å²) in [6.45, 7) is 0. The Hall–Kier alpha value is -0.780. The van der Waals surface area contributed by atoms with Gasteiger partial charge < -0.3 is 4.74 Å². The summed E-state index contributed by atoms with van der Waals surface area (Å²) in [5, 5.41) is 0.912. The van der Waals surface area contributed by atoms with Crippen LogP contribution < -0.4 is 4.74 Å². The van der Waals surface area contributed by atoms with Crippen molar-refractivity contribution in [2.24, 2.45) is 0 Å². The zero-order valence-corrected chi connectivity index (χ0v) is 13.6. The third-order valence-electron chi connectivity index (χ3n) is 2.60. The van der Waals surface area contributed by atoms with Crippen molar-refractivity contribution in [1.29, 1.82) is 0 Å². The highest BCUT2D eigenvalue weighted by Crippen LogP contribution is 2.26. The second kappa shape index (κ2) is 6.11. The number of halogens is 3. The van der Waals surface area contributed by atoms with Crippen molar-refractivity contribution in [3.8, 4) is 5.75 Å². The molecule has 0 aliphatic heterocycles. The molecule has 0 saturated heterocycles. The predicted molar refractivity (Wildman–Crippen MR) is 85.6 cm³/mol. The number of hydrogen-bond acceptors (Lipinski definition) is 2. The summed E-state index contributed by atoms with van der Waals surface area (Å²) >= 11 is 14.2. The van der Waals surface area contributed by atoms with Gasteiger partial charge in [0, 0.05) is 14.7 Å². The van der Waals surface area contributed by atoms with Crippen LogP contribution in [0.15, 0.2) is 36.4 Å². The Bertz CT molecular complexity index is 641. The second-order valence-electron chi connectivity index (χ2n) is 3.80. The average molecular weight is 407 g/mol. The van der Waals surface area contributed by atoms with E-state index in [9.17, 15) is 4.79 Å². The van der Waals surface area contributed by atoms with Gasteiger partial charge in [0.05, 0.1) is 17.2 Å². The maximum absolute atomic E-state index is 12.3. The van der Waals surface area contributed by atoms with Crippen LogP contribution in [0.3, 0.4) is 0 Å². The minimum absolute atomic E-state index is 0.161. The molecule has 0 N–H and O–H groups in total. The van der Waals surface area contributed by atoms with Gasteiger partial charge in [-0.2, -0.15) is 0 Å². The number of methoxy groups -OCH3 is 1. The molecule has 0 unspecified atom stereocenters. The summed E-state index contributed by atoms with van der Waals surface area (Å²) in [7, 11) is 1.55. The van der Waals surface area contributed by atoms with Crippen molar-refractivity contribution in [3.63, 3.8) is 0 Å². The minimum atomic E-state index is -0.161. The van der Waals surface area contributed by atoms with Gasteiger partial charge in [0.15, 0.2) is 5.78 Å². The fraction of sp³-hybridized carbons (Fsp3) is 0.0714. The molecule has 0 amide bonds. The lowest BCUT2D eigenvalue weighted by molar-refractivity contribution is 0.103. The molecule has 98 valence electrons. The van der Waals surface area contributed by atoms with Gasteiger partial charge in [-0.3, -0.25) is 4.79 Å². The fourth-order valence-corrected chi connectivity index (χ4v) is 2.37. The molecule has 0 bridgehead atoms. The number of benzene rings is 2. The molecule has 0 aliphatic carbocycles. The summed E-state index contributed by atoms with van der Waals surface area (Å²) in [6.07, 6.45) is 0. The van der Waals surface area contributed by atoms with Crippen LogP contribution in [-0.2, 0) is 0 Å². The van der Waals surface area contributed by atoms with Crippen molar-refractivity contribution >= 4 is 51.6 Å². The molecule has 0 fully saturated rings. The number of ether oxygens (including phenoxy) is 1. The van der Waals surface area contributed by atoms with Crippen molar-refractivity contribution < 1.29 is 9.53 Å². The van der Waals surface area contributed by atoms with Crippen LogP contribution in [0.5, 0.6) is 5.75 Å². The van der Waals surface area contributed by atoms with E-state index in [0.717, 1.165) is 3.57 Å². The zero-order valence-electron chi connectivity index (χ0n) is 9.91. The lowest BCUT2D eigenvalue weighted by Gasteiger charge is -2.07. The van der Waals surface area contributed by atoms with Crippen LogP contribution in [0.1, 0.15) is 15.9 Å². The largest absolute Gasteiger partial charge is 0.497 e. The van der Waals surface area contributed by atoms with E-state index in [4.69, 9.17) is 27.9 Å². The molecule has 2 aromatic rings. The molecule has 0 aromatic heterocycles. The van der Waals surface area contributed by atoms with Gasteiger partial charge in [0.1, 0.15) is 5.75 Å². The van der Waals surface area contributed by atoms with Crippen molar-refractivity contribution in [2.75, 3.05) is 7.11 Å². The maximum atomic E-state index is 12.3. The van der Waals surface area contributed by atoms with Crippen LogP contribution >= 0.6 is 45.8 Å². The van der Waals surface area contributed by atoms with Crippen LogP contribution in [0.25, 0.3) is 0 Å². The third-order valence-corrected chi connectivity index (χ3v) is 4.49. The molecule has 0 atom stereocenters. The molecule has 5 heteroatoms. The van der Waals surface area contributed by atoms with Gasteiger partial charge in [-0.05, 0) is 59.0 Å². The fourth-order valence-electron chi connectivity index (χ4n) is 1.60. The molecule has 2 rings (SSSR count). The summed E-state index contributed by atoms with van der Waals surface area (Å²) in [6, 6.07) is 10.1. The Morgan fingerprint density at radius 1 is 1.11 bits per heavy atom. The topological polar surface area (TPSA) is 26.3 Å². The van der Waals surface area contributed by atoms with Crippen molar-refractivity contribution in [1.82, 2.24) is 0 Å². The van der Waals surface area contributed by atoms with E-state index >= 15 is 0 Å². The summed E-state index contributed by atoms with van der Waals surface area (Å²) in [4.78, 5) is 12.3. The van der Waals surface area contributed by atoms with Crippen LogP contribution in [0.2, 0.25) is 10.0 Å². The highest BCUT2D eigenvalue weighted by atomic mass is 127. The van der Waals surface area contributed by atoms with Gasteiger partial charge in [-0.25, -0.2) is 0 Å². The van der Waals surface area contributed by atoms with Crippen molar-refractivity contribution in [3.05, 3.63) is 61.1 Å². The first kappa shape index (κ1) is 14.6. The van der Waals surface area contributed by atoms with E-state index in [1.165, 1.54) is 0 Å². The summed E-state index contributed by atoms with van der Waals surface area (Å²) in [5.41, 5.74) is 0.942. The summed E-state index contributed by atoms with van der Waals surface area (Å²) in [5.74, 6) is 0.452. The minimum Gasteiger partial charge on any atom is -0.497 e. The van der Waals surface area contributed by atoms with E-state index in [0.29, 0.717) is 26.9 Å². The molecule has 0 aliphatic rings. The number of hydrogen-bond donors (Lipinski definition) is 0. The normalized spacial score (nSPS) is 10.3. The van der Waals surface area contributed by atoms with Gasteiger partial charge in [-0.1, -0.05) is 23.2 Å². The quantitative estimate of drug-likeness (QED) is 0.538. The Labute approximate surface area is 134 Å². The molecular weight excluding hydrogens is 398 g/mol. The van der Waals surface area contributed by atoms with Crippen LogP contribution in [-0.4, -0.2) is 12.9 Å². The Kier molecular flexibility index (Phi) is 4.71. The van der Waals surface area contributed by atoms with Gasteiger partial charge in [-0.15, -0.1) is 0 Å². The van der Waals surface area contributed by atoms with Crippen LogP contribution in [0, 0.1) is 3.57 Å². The first-order chi connectivity index (χ1) is 9.02. The first-order valence-corrected chi connectivity index (χ1v) is 7.19. The monoisotopic (exact) mass is 406 g/mol. The van der Waals surface area contributed by atoms with Gasteiger partial charge in [0.2, 0.25) is 0 Å². The van der Waals surface area contributed by atoms with Gasteiger partial charge >= 0.3 is 0 Å². The Balaban J connectivity index is 2.41. The molecule has 2 aromatic carbocycles. The van der Waals surface area contributed by atoms with E-state index < -0.39 is 0 Å². The molecule has 0 spiro atoms. The number of carbonyl (C=O) groups is 1. The highest BCUT2D eigenvalue weighted by molar-refractivity contribution is 14.1. The van der Waals surface area contributed by atoms with Crippen molar-refractivity contribution in [2.45, 2.75) is 0 Å². The molecule has 19 heavy (non-hydrogen) atoms. The van der Waals surface area contributed by atoms with E-state index in [2.05, 4.69) is 22.6 Å². The molecular formula is C14H9Cl2IO2. The first-order valence-electron chi connectivity index (χ1n) is 5.36. The Morgan fingerprint density at radius 2 is 1.84 bits per heavy atom. The lowest BCUT2D eigenvalue weighted by atomic mass is 10.0. The lowest BCUT2D eigenvalue weighted by Crippen LogP contribution is -2.02. The van der Waals surface area contributed by atoms with Crippen LogP contribution in [0.4, 0.5) is 0 Å². The SMILES string of the molecule is COc1ccc(C(=O)c2ccc(I)c(Cl)c2)c(Cl)c1. The number of rotatable bonds is 3. The number of carbonyl (C=O) groups excluding carboxylic acids is 1. The Morgan fingerprint density at radius 3 is 2.42 bits per heavy atom. The highest BCUT2D eigenvalue weighted by Gasteiger charge is 2.14. The molecule has 0 heterocycles. The smallest absolute Gasteiger partial charge is 0.194 e. The molecule has 0 saturated carbocycles. The molecule has 0 radical (unpaired) electrons. The van der Waals surface area contributed by atoms with E-state index in [1.807, 2.05) is 0 Å². The predicted octanol–water partition coefficient (Wildman–Crippen LogP) is 4.84. The zero-order chi connectivity index (χ0) is 14.0. The molecule has 2 nitrogen and oxygen atoms in total. The summed E-state index contributed by atoms with van der Waals surface area (Å²) < 4.78 is 5.95. The second-order valence-corrected chi connectivity index (χ2v) is 5.78. The van der Waals surface area contributed by atoms with E-state index in [1.54, 1.807) is 43.5 Å². The number of ketones is 1.